The zero-order valence-electron chi connectivity index (χ0n) is 8.07. The summed E-state index contributed by atoms with van der Waals surface area (Å²) >= 11 is 0. The molecule has 1 aromatic rings. The maximum atomic E-state index is 7.10. The molecule has 0 bridgehead atoms. The second-order valence-electron chi connectivity index (χ2n) is 1.21. The van der Waals surface area contributed by atoms with Gasteiger partial charge in [0, 0.05) is 68.3 Å². The fraction of sp³-hybridized carbons (Fsp3) is 0.200. The second kappa shape index (κ2) is 29.3. The number of aliphatic hydroxyl groups is 1. The monoisotopic (exact) mass is 377 g/mol. The Morgan fingerprint density at radius 1 is 1.15 bits per heavy atom. The van der Waals surface area contributed by atoms with Crippen LogP contribution in [0.3, 0.4) is 0 Å². The molecule has 0 amide bonds. The average Bonchev–Trinajstić information content (AvgIpc) is 2.12. The van der Waals surface area contributed by atoms with Gasteiger partial charge in [-0.2, -0.15) is 36.4 Å². The van der Waals surface area contributed by atoms with Crippen molar-refractivity contribution in [1.82, 2.24) is 0 Å². The summed E-state index contributed by atoms with van der Waals surface area (Å²) in [7, 11) is 0. The van der Waals surface area contributed by atoms with Gasteiger partial charge in [-0.3, -0.25) is 0 Å². The van der Waals surface area contributed by atoms with Crippen molar-refractivity contribution in [3.05, 3.63) is 36.4 Å². The third-order valence-corrected chi connectivity index (χ3v) is 0.607. The first kappa shape index (κ1) is 23.6. The molecular formula is C10H13LaOY-. The molecule has 0 saturated heterocycles. The Balaban J connectivity index is -0.0000000517. The van der Waals surface area contributed by atoms with Gasteiger partial charge in [0.05, 0.1) is 0 Å². The van der Waals surface area contributed by atoms with Gasteiger partial charge in [0.2, 0.25) is 0 Å². The molecule has 0 aliphatic heterocycles. The number of terminal acetylenes is 1. The number of benzene rings is 1. The Kier molecular flexibility index (Phi) is 53.1. The molecule has 66 valence electrons. The fourth-order valence-electron chi connectivity index (χ4n) is 0.342. The molecule has 0 heterocycles. The molecule has 0 spiro atoms. The molecule has 2 radical (unpaired) electrons. The van der Waals surface area contributed by atoms with Crippen LogP contribution in [0.4, 0.5) is 0 Å². The van der Waals surface area contributed by atoms with Crippen molar-refractivity contribution in [2.24, 2.45) is 0 Å². The third kappa shape index (κ3) is 32.2. The van der Waals surface area contributed by atoms with E-state index in [0.717, 1.165) is 0 Å². The fourth-order valence-corrected chi connectivity index (χ4v) is 0.342. The predicted octanol–water partition coefficient (Wildman–Crippen LogP) is 2.46. The van der Waals surface area contributed by atoms with Crippen LogP contribution < -0.4 is 0 Å². The molecule has 0 aromatic heterocycles. The first-order valence-corrected chi connectivity index (χ1v) is 3.42. The summed E-state index contributed by atoms with van der Waals surface area (Å²) in [5.41, 5.74) is 0. The van der Waals surface area contributed by atoms with Gasteiger partial charge in [-0.05, 0) is 0 Å². The first-order chi connectivity index (χ1) is 5.41. The maximum Gasteiger partial charge on any atom is 0.103 e. The summed E-state index contributed by atoms with van der Waals surface area (Å²) < 4.78 is 0. The van der Waals surface area contributed by atoms with Crippen LogP contribution in [0, 0.1) is 54.2 Å². The number of hydrogen-bond acceptors (Lipinski definition) is 1. The predicted molar refractivity (Wildman–Crippen MR) is 47.4 cm³/mol. The van der Waals surface area contributed by atoms with E-state index in [-0.39, 0.29) is 68.3 Å². The largest absolute Gasteiger partial charge is 0.462 e. The van der Waals surface area contributed by atoms with Gasteiger partial charge in [0.15, 0.2) is 0 Å². The Morgan fingerprint density at radius 3 is 1.54 bits per heavy atom. The van der Waals surface area contributed by atoms with Crippen LogP contribution in [-0.2, 0) is 32.7 Å². The normalized spacial score (nSPS) is 4.69. The Hall–Kier alpha value is 0.879. The molecule has 0 unspecified atom stereocenters. The van der Waals surface area contributed by atoms with E-state index in [4.69, 9.17) is 5.11 Å². The Morgan fingerprint density at radius 2 is 1.46 bits per heavy atom. The van der Waals surface area contributed by atoms with Crippen LogP contribution in [0.2, 0.25) is 0 Å². The molecule has 1 aromatic carbocycles. The summed E-state index contributed by atoms with van der Waals surface area (Å²) in [6.07, 6.45) is 5.40. The molecule has 1 nitrogen and oxygen atoms in total. The van der Waals surface area contributed by atoms with Gasteiger partial charge < -0.3 is 5.11 Å². The minimum absolute atomic E-state index is 0. The summed E-state index contributed by atoms with van der Waals surface area (Å²) in [6.45, 7) is 4.00. The maximum absolute atomic E-state index is 7.10. The van der Waals surface area contributed by atoms with Crippen LogP contribution in [-0.4, -0.2) is 5.11 Å². The molecule has 0 atom stereocenters. The van der Waals surface area contributed by atoms with Gasteiger partial charge in [-0.1, -0.05) is 20.3 Å². The van der Waals surface area contributed by atoms with Gasteiger partial charge >= 0.3 is 0 Å². The zero-order valence-corrected chi connectivity index (χ0v) is 14.5. The topological polar surface area (TPSA) is 20.2 Å². The summed E-state index contributed by atoms with van der Waals surface area (Å²) in [4.78, 5) is 0. The van der Waals surface area contributed by atoms with E-state index >= 15 is 0 Å². The molecule has 0 saturated carbocycles. The van der Waals surface area contributed by atoms with Crippen LogP contribution in [0.5, 0.6) is 0 Å². The zero-order chi connectivity index (χ0) is 8.95. The number of hydrogen-bond donors (Lipinski definition) is 1. The van der Waals surface area contributed by atoms with Crippen molar-refractivity contribution in [3.63, 3.8) is 0 Å². The number of rotatable bonds is 0. The number of aliphatic hydroxyl groups excluding tert-OH is 1. The van der Waals surface area contributed by atoms with Gasteiger partial charge in [0.25, 0.3) is 0 Å². The summed E-state index contributed by atoms with van der Waals surface area (Å²) in [5, 5.41) is 7.10. The second-order valence-corrected chi connectivity index (χ2v) is 1.21. The van der Waals surface area contributed by atoms with Crippen LogP contribution in [0.25, 0.3) is 0 Å². The molecular weight excluding hydrogens is 364 g/mol. The standard InChI is InChI=1S/C6H5.C2H2O.C2H6.La.Y/c1-2-4-6-5-3-1;1-2-3;1-2;;/h1-5H;1,3H;1-2H3;;/q-1;;;;. The van der Waals surface area contributed by atoms with Crippen molar-refractivity contribution in [1.29, 1.82) is 0 Å². The van der Waals surface area contributed by atoms with Crippen molar-refractivity contribution in [2.75, 3.05) is 0 Å². The van der Waals surface area contributed by atoms with Gasteiger partial charge in [-0.25, -0.2) is 0 Å². The summed E-state index contributed by atoms with van der Waals surface area (Å²) in [5.74, 6) is 0. The quantitative estimate of drug-likeness (QED) is 0.544. The van der Waals surface area contributed by atoms with Crippen LogP contribution >= 0.6 is 0 Å². The molecule has 0 fully saturated rings. The van der Waals surface area contributed by atoms with E-state index in [9.17, 15) is 0 Å². The molecule has 13 heavy (non-hydrogen) atoms. The van der Waals surface area contributed by atoms with Gasteiger partial charge in [-0.15, -0.1) is 0 Å². The minimum Gasteiger partial charge on any atom is -0.462 e. The minimum atomic E-state index is 0. The SMILES string of the molecule is C#CO.CC.[La].[Y].[c-]1ccccc1. The molecule has 1 N–H and O–H groups in total. The van der Waals surface area contributed by atoms with E-state index in [1.807, 2.05) is 44.2 Å². The van der Waals surface area contributed by atoms with E-state index in [1.165, 1.54) is 6.11 Å². The van der Waals surface area contributed by atoms with E-state index in [2.05, 4.69) is 12.5 Å². The first-order valence-electron chi connectivity index (χ1n) is 3.42. The summed E-state index contributed by atoms with van der Waals surface area (Å²) in [6, 6.07) is 12.5. The molecule has 1 rings (SSSR count). The average molecular weight is 377 g/mol. The molecule has 3 heteroatoms. The Labute approximate surface area is 134 Å². The Bertz CT molecular complexity index is 145. The van der Waals surface area contributed by atoms with Crippen LogP contribution in [0.15, 0.2) is 30.3 Å². The van der Waals surface area contributed by atoms with Crippen molar-refractivity contribution >= 4 is 0 Å². The van der Waals surface area contributed by atoms with E-state index in [0.29, 0.717) is 0 Å². The van der Waals surface area contributed by atoms with E-state index in [1.54, 1.807) is 0 Å². The van der Waals surface area contributed by atoms with Crippen molar-refractivity contribution in [3.8, 4) is 12.5 Å². The van der Waals surface area contributed by atoms with Gasteiger partial charge in [0.1, 0.15) is 6.11 Å². The third-order valence-electron chi connectivity index (χ3n) is 0.607. The van der Waals surface area contributed by atoms with E-state index < -0.39 is 0 Å². The van der Waals surface area contributed by atoms with Crippen molar-refractivity contribution in [2.45, 2.75) is 13.8 Å². The molecule has 0 aliphatic rings. The van der Waals surface area contributed by atoms with Crippen LogP contribution in [0.1, 0.15) is 13.8 Å². The van der Waals surface area contributed by atoms with Crippen molar-refractivity contribution < 1.29 is 73.4 Å². The smallest absolute Gasteiger partial charge is 0.103 e. The molecule has 0 aliphatic carbocycles.